The van der Waals surface area contributed by atoms with Gasteiger partial charge in [-0.1, -0.05) is 48.5 Å². The summed E-state index contributed by atoms with van der Waals surface area (Å²) in [5.74, 6) is -0.150. The number of hydrogen-bond acceptors (Lipinski definition) is 2. The largest absolute Gasteiger partial charge is 0.329 e. The molecule has 0 saturated carbocycles. The van der Waals surface area contributed by atoms with Crippen molar-refractivity contribution < 1.29 is 4.39 Å². The quantitative estimate of drug-likeness (QED) is 0.847. The predicted molar refractivity (Wildman–Crippen MR) is 85.5 cm³/mol. The number of likely N-dealkylation sites (N-methyl/N-ethyl adjacent to an activating group) is 1. The first-order valence-electron chi connectivity index (χ1n) is 7.38. The van der Waals surface area contributed by atoms with Gasteiger partial charge in [-0.2, -0.15) is 0 Å². The first-order valence-corrected chi connectivity index (χ1v) is 7.38. The fourth-order valence-corrected chi connectivity index (χ4v) is 2.52. The van der Waals surface area contributed by atoms with Gasteiger partial charge in [0.1, 0.15) is 5.82 Å². The van der Waals surface area contributed by atoms with Gasteiger partial charge in [-0.15, -0.1) is 0 Å². The van der Waals surface area contributed by atoms with Gasteiger partial charge in [0.2, 0.25) is 0 Å². The molecule has 2 N–H and O–H groups in total. The Morgan fingerprint density at radius 2 is 1.71 bits per heavy atom. The van der Waals surface area contributed by atoms with Crippen LogP contribution in [0.5, 0.6) is 0 Å². The van der Waals surface area contributed by atoms with Crippen LogP contribution in [0.25, 0.3) is 0 Å². The molecule has 0 spiro atoms. The van der Waals surface area contributed by atoms with Gasteiger partial charge in [0, 0.05) is 24.7 Å². The van der Waals surface area contributed by atoms with E-state index in [1.54, 1.807) is 6.07 Å². The predicted octanol–water partition coefficient (Wildman–Crippen LogP) is 3.22. The third kappa shape index (κ3) is 4.66. The van der Waals surface area contributed by atoms with Gasteiger partial charge in [-0.25, -0.2) is 4.39 Å². The van der Waals surface area contributed by atoms with Crippen LogP contribution < -0.4 is 5.73 Å². The molecule has 3 heteroatoms. The maximum atomic E-state index is 13.7. The second kappa shape index (κ2) is 7.91. The minimum absolute atomic E-state index is 0.150. The van der Waals surface area contributed by atoms with E-state index < -0.39 is 0 Å². The summed E-state index contributed by atoms with van der Waals surface area (Å²) >= 11 is 0. The molecule has 0 aliphatic rings. The maximum absolute atomic E-state index is 13.7. The van der Waals surface area contributed by atoms with E-state index >= 15 is 0 Å². The number of rotatable bonds is 7. The Morgan fingerprint density at radius 3 is 2.38 bits per heavy atom. The molecule has 0 aliphatic carbocycles. The van der Waals surface area contributed by atoms with Crippen LogP contribution in [0.1, 0.15) is 17.5 Å². The molecule has 2 rings (SSSR count). The molecule has 0 amide bonds. The number of hydrogen-bond donors (Lipinski definition) is 1. The van der Waals surface area contributed by atoms with Crippen molar-refractivity contribution in [1.29, 1.82) is 0 Å². The van der Waals surface area contributed by atoms with Crippen molar-refractivity contribution in [3.05, 3.63) is 71.5 Å². The summed E-state index contributed by atoms with van der Waals surface area (Å²) in [5, 5.41) is 0. The second-order valence-corrected chi connectivity index (χ2v) is 5.42. The maximum Gasteiger partial charge on any atom is 0.127 e. The Balaban J connectivity index is 1.92. The van der Waals surface area contributed by atoms with Crippen LogP contribution in [-0.4, -0.2) is 24.5 Å². The van der Waals surface area contributed by atoms with Crippen LogP contribution in [0.4, 0.5) is 4.39 Å². The molecular formula is C18H23FN2. The SMILES string of the molecule is CN(Cc1ccccc1F)C(CN)CCc1ccccc1. The lowest BCUT2D eigenvalue weighted by molar-refractivity contribution is 0.224. The summed E-state index contributed by atoms with van der Waals surface area (Å²) in [4.78, 5) is 2.14. The third-order valence-electron chi connectivity index (χ3n) is 3.88. The Labute approximate surface area is 126 Å². The lowest BCUT2D eigenvalue weighted by Gasteiger charge is -2.27. The zero-order valence-electron chi connectivity index (χ0n) is 12.5. The molecule has 2 aromatic carbocycles. The highest BCUT2D eigenvalue weighted by Gasteiger charge is 2.14. The van der Waals surface area contributed by atoms with E-state index in [1.807, 2.05) is 25.2 Å². The third-order valence-corrected chi connectivity index (χ3v) is 3.88. The molecular weight excluding hydrogens is 263 g/mol. The van der Waals surface area contributed by atoms with Crippen LogP contribution in [0.3, 0.4) is 0 Å². The number of benzene rings is 2. The van der Waals surface area contributed by atoms with Crippen LogP contribution in [0, 0.1) is 5.82 Å². The van der Waals surface area contributed by atoms with E-state index in [4.69, 9.17) is 5.73 Å². The highest BCUT2D eigenvalue weighted by Crippen LogP contribution is 2.13. The van der Waals surface area contributed by atoms with Gasteiger partial charge >= 0.3 is 0 Å². The highest BCUT2D eigenvalue weighted by atomic mass is 19.1. The number of nitrogens with zero attached hydrogens (tertiary/aromatic N) is 1. The zero-order chi connectivity index (χ0) is 15.1. The first kappa shape index (κ1) is 15.7. The zero-order valence-corrected chi connectivity index (χ0v) is 12.5. The minimum Gasteiger partial charge on any atom is -0.329 e. The first-order chi connectivity index (χ1) is 10.2. The van der Waals surface area contributed by atoms with E-state index in [0.29, 0.717) is 13.1 Å². The summed E-state index contributed by atoms with van der Waals surface area (Å²) in [6.07, 6.45) is 1.97. The molecule has 0 fully saturated rings. The smallest absolute Gasteiger partial charge is 0.127 e. The lowest BCUT2D eigenvalue weighted by atomic mass is 10.0. The van der Waals surface area contributed by atoms with Gasteiger partial charge in [0.05, 0.1) is 0 Å². The summed E-state index contributed by atoms with van der Waals surface area (Å²) < 4.78 is 13.7. The van der Waals surface area contributed by atoms with E-state index in [1.165, 1.54) is 11.6 Å². The summed E-state index contributed by atoms with van der Waals surface area (Å²) in [6.45, 7) is 1.17. The standard InChI is InChI=1S/C18H23FN2/c1-21(14-16-9-5-6-10-18(16)19)17(13-20)12-11-15-7-3-2-4-8-15/h2-10,17H,11-14,20H2,1H3. The summed E-state index contributed by atoms with van der Waals surface area (Å²) in [6, 6.07) is 17.6. The van der Waals surface area contributed by atoms with Crippen molar-refractivity contribution in [1.82, 2.24) is 4.90 Å². The molecule has 0 bridgehead atoms. The van der Waals surface area contributed by atoms with Crippen molar-refractivity contribution in [2.24, 2.45) is 5.73 Å². The number of nitrogens with two attached hydrogens (primary N) is 1. The normalized spacial score (nSPS) is 12.6. The molecule has 1 atom stereocenters. The van der Waals surface area contributed by atoms with E-state index in [2.05, 4.69) is 29.2 Å². The Kier molecular flexibility index (Phi) is 5.90. The monoisotopic (exact) mass is 286 g/mol. The number of aryl methyl sites for hydroxylation is 1. The van der Waals surface area contributed by atoms with Crippen molar-refractivity contribution in [2.45, 2.75) is 25.4 Å². The highest BCUT2D eigenvalue weighted by molar-refractivity contribution is 5.17. The Bertz CT molecular complexity index is 542. The number of halogens is 1. The second-order valence-electron chi connectivity index (χ2n) is 5.42. The van der Waals surface area contributed by atoms with E-state index in [9.17, 15) is 4.39 Å². The molecule has 0 aromatic heterocycles. The molecule has 2 nitrogen and oxygen atoms in total. The molecule has 21 heavy (non-hydrogen) atoms. The Hall–Kier alpha value is -1.71. The van der Waals surface area contributed by atoms with Crippen LogP contribution in [-0.2, 0) is 13.0 Å². The lowest BCUT2D eigenvalue weighted by Crippen LogP contribution is -2.38. The molecule has 112 valence electrons. The van der Waals surface area contributed by atoms with E-state index in [-0.39, 0.29) is 11.9 Å². The molecule has 1 unspecified atom stereocenters. The topological polar surface area (TPSA) is 29.3 Å². The van der Waals surface area contributed by atoms with E-state index in [0.717, 1.165) is 18.4 Å². The minimum atomic E-state index is -0.150. The summed E-state index contributed by atoms with van der Waals surface area (Å²) in [7, 11) is 2.01. The van der Waals surface area contributed by atoms with Gasteiger partial charge in [0.15, 0.2) is 0 Å². The average Bonchev–Trinajstić information content (AvgIpc) is 2.51. The van der Waals surface area contributed by atoms with Gasteiger partial charge in [-0.3, -0.25) is 4.90 Å². The van der Waals surface area contributed by atoms with Gasteiger partial charge < -0.3 is 5.73 Å². The molecule has 0 radical (unpaired) electrons. The molecule has 0 aliphatic heterocycles. The van der Waals surface area contributed by atoms with Crippen molar-refractivity contribution in [3.63, 3.8) is 0 Å². The fraction of sp³-hybridized carbons (Fsp3) is 0.333. The molecule has 2 aromatic rings. The fourth-order valence-electron chi connectivity index (χ4n) is 2.52. The van der Waals surface area contributed by atoms with Gasteiger partial charge in [-0.05, 0) is 31.5 Å². The van der Waals surface area contributed by atoms with Gasteiger partial charge in [0.25, 0.3) is 0 Å². The van der Waals surface area contributed by atoms with Crippen molar-refractivity contribution >= 4 is 0 Å². The summed E-state index contributed by atoms with van der Waals surface area (Å²) in [5.41, 5.74) is 7.93. The van der Waals surface area contributed by atoms with Crippen LogP contribution >= 0.6 is 0 Å². The van der Waals surface area contributed by atoms with Crippen molar-refractivity contribution in [3.8, 4) is 0 Å². The molecule has 0 heterocycles. The molecule has 0 saturated heterocycles. The average molecular weight is 286 g/mol. The van der Waals surface area contributed by atoms with Crippen LogP contribution in [0.2, 0.25) is 0 Å². The van der Waals surface area contributed by atoms with Crippen LogP contribution in [0.15, 0.2) is 54.6 Å². The van der Waals surface area contributed by atoms with Crippen molar-refractivity contribution in [2.75, 3.05) is 13.6 Å². The Morgan fingerprint density at radius 1 is 1.05 bits per heavy atom.